The Labute approximate surface area is 163 Å². The van der Waals surface area contributed by atoms with Crippen LogP contribution in [0.15, 0.2) is 23.1 Å². The van der Waals surface area contributed by atoms with Crippen LogP contribution in [0.5, 0.6) is 0 Å². The third-order valence-electron chi connectivity index (χ3n) is 5.12. The molecule has 7 heteroatoms. The van der Waals surface area contributed by atoms with Crippen molar-refractivity contribution in [2.75, 3.05) is 16.8 Å². The lowest BCUT2D eigenvalue weighted by atomic mass is 10.0. The highest BCUT2D eigenvalue weighted by Gasteiger charge is 2.27. The van der Waals surface area contributed by atoms with Crippen molar-refractivity contribution in [1.29, 1.82) is 0 Å². The Morgan fingerprint density at radius 3 is 2.56 bits per heavy atom. The predicted octanol–water partition coefficient (Wildman–Crippen LogP) is 3.74. The van der Waals surface area contributed by atoms with Crippen molar-refractivity contribution < 1.29 is 13.2 Å². The number of hydrogen-bond acceptors (Lipinski definition) is 4. The first-order valence-corrected chi connectivity index (χ1v) is 11.4. The average Bonchev–Trinajstić information content (AvgIpc) is 2.61. The van der Waals surface area contributed by atoms with Crippen LogP contribution in [0.1, 0.15) is 60.3 Å². The van der Waals surface area contributed by atoms with Crippen LogP contribution in [-0.4, -0.2) is 33.0 Å². The van der Waals surface area contributed by atoms with E-state index in [1.165, 1.54) is 0 Å². The van der Waals surface area contributed by atoms with Gasteiger partial charge in [0.15, 0.2) is 0 Å². The average molecular weight is 396 g/mol. The summed E-state index contributed by atoms with van der Waals surface area (Å²) < 4.78 is 28.9. The lowest BCUT2D eigenvalue weighted by molar-refractivity contribution is -0.118. The van der Waals surface area contributed by atoms with Gasteiger partial charge in [0.2, 0.25) is 15.9 Å². The van der Waals surface area contributed by atoms with Gasteiger partial charge in [0.25, 0.3) is 0 Å². The van der Waals surface area contributed by atoms with E-state index in [0.29, 0.717) is 17.8 Å². The van der Waals surface area contributed by atoms with E-state index < -0.39 is 10.0 Å². The SMILES string of the molecule is CC[C@@H](C)NS(=O)(=O)c1cc(NC(=O)C(C)C)ccc1N1CCCC[C@@H]1C. The topological polar surface area (TPSA) is 78.5 Å². The molecule has 2 rings (SSSR count). The molecule has 1 amide bonds. The van der Waals surface area contributed by atoms with Crippen molar-refractivity contribution in [3.8, 4) is 0 Å². The van der Waals surface area contributed by atoms with Crippen LogP contribution in [-0.2, 0) is 14.8 Å². The number of carbonyl (C=O) groups excluding carboxylic acids is 1. The van der Waals surface area contributed by atoms with Crippen LogP contribution < -0.4 is 14.9 Å². The van der Waals surface area contributed by atoms with Crippen molar-refractivity contribution in [3.05, 3.63) is 18.2 Å². The Hall–Kier alpha value is -1.60. The summed E-state index contributed by atoms with van der Waals surface area (Å²) in [6, 6.07) is 5.33. The van der Waals surface area contributed by atoms with Gasteiger partial charge in [-0.15, -0.1) is 0 Å². The van der Waals surface area contributed by atoms with Crippen LogP contribution in [0.25, 0.3) is 0 Å². The fourth-order valence-corrected chi connectivity index (χ4v) is 4.76. The van der Waals surface area contributed by atoms with E-state index in [2.05, 4.69) is 21.9 Å². The molecule has 0 radical (unpaired) electrons. The first kappa shape index (κ1) is 21.7. The first-order valence-electron chi connectivity index (χ1n) is 9.89. The smallest absolute Gasteiger partial charge is 0.242 e. The van der Waals surface area contributed by atoms with Crippen molar-refractivity contribution in [2.45, 2.75) is 77.3 Å². The van der Waals surface area contributed by atoms with Crippen molar-refractivity contribution >= 4 is 27.3 Å². The van der Waals surface area contributed by atoms with Gasteiger partial charge in [-0.1, -0.05) is 20.8 Å². The number of carbonyl (C=O) groups is 1. The summed E-state index contributed by atoms with van der Waals surface area (Å²) in [6.45, 7) is 10.4. The Kier molecular flexibility index (Phi) is 7.28. The summed E-state index contributed by atoms with van der Waals surface area (Å²) in [5.41, 5.74) is 1.21. The highest BCUT2D eigenvalue weighted by molar-refractivity contribution is 7.89. The third kappa shape index (κ3) is 5.45. The van der Waals surface area contributed by atoms with Crippen molar-refractivity contribution in [3.63, 3.8) is 0 Å². The third-order valence-corrected chi connectivity index (χ3v) is 6.74. The van der Waals surface area contributed by atoms with Crippen LogP contribution >= 0.6 is 0 Å². The summed E-state index contributed by atoms with van der Waals surface area (Å²) in [5, 5.41) is 2.81. The van der Waals surface area contributed by atoms with Crippen LogP contribution in [0.4, 0.5) is 11.4 Å². The minimum absolute atomic E-state index is 0.132. The molecule has 6 nitrogen and oxygen atoms in total. The van der Waals surface area contributed by atoms with E-state index >= 15 is 0 Å². The highest BCUT2D eigenvalue weighted by Crippen LogP contribution is 2.33. The van der Waals surface area contributed by atoms with E-state index in [4.69, 9.17) is 0 Å². The second-order valence-electron chi connectivity index (χ2n) is 7.80. The quantitative estimate of drug-likeness (QED) is 0.737. The molecule has 0 unspecified atom stereocenters. The maximum atomic E-state index is 13.1. The van der Waals surface area contributed by atoms with Gasteiger partial charge in [-0.05, 0) is 57.7 Å². The van der Waals surface area contributed by atoms with E-state index in [9.17, 15) is 13.2 Å². The van der Waals surface area contributed by atoms with E-state index in [1.54, 1.807) is 26.0 Å². The standard InChI is InChI=1S/C20H33N3O3S/c1-6-15(4)22-27(25,26)19-13-17(21-20(24)14(2)3)10-11-18(19)23-12-8-7-9-16(23)5/h10-11,13-16,22H,6-9,12H2,1-5H3,(H,21,24)/t15-,16+/m1/s1. The minimum atomic E-state index is -3.70. The van der Waals surface area contributed by atoms with E-state index in [1.807, 2.05) is 19.9 Å². The number of benzene rings is 1. The summed E-state index contributed by atoms with van der Waals surface area (Å²) in [7, 11) is -3.70. The van der Waals surface area contributed by atoms with Gasteiger partial charge in [0, 0.05) is 30.2 Å². The number of rotatable bonds is 7. The molecular weight excluding hydrogens is 362 g/mol. The fourth-order valence-electron chi connectivity index (χ4n) is 3.20. The molecule has 1 fully saturated rings. The molecule has 1 aliphatic rings. The van der Waals surface area contributed by atoms with Gasteiger partial charge < -0.3 is 10.2 Å². The number of nitrogens with one attached hydrogen (secondary N) is 2. The lowest BCUT2D eigenvalue weighted by Gasteiger charge is -2.36. The molecule has 2 N–H and O–H groups in total. The van der Waals surface area contributed by atoms with E-state index in [0.717, 1.165) is 25.8 Å². The largest absolute Gasteiger partial charge is 0.368 e. The molecule has 2 atom stereocenters. The van der Waals surface area contributed by atoms with Gasteiger partial charge in [-0.2, -0.15) is 0 Å². The predicted molar refractivity (Wildman–Crippen MR) is 111 cm³/mol. The molecule has 1 aromatic carbocycles. The van der Waals surface area contributed by atoms with Gasteiger partial charge in [-0.25, -0.2) is 13.1 Å². The number of sulfonamides is 1. The normalized spacial score (nSPS) is 19.2. The van der Waals surface area contributed by atoms with Gasteiger partial charge in [0.05, 0.1) is 5.69 Å². The van der Waals surface area contributed by atoms with Crippen molar-refractivity contribution in [2.24, 2.45) is 5.92 Å². The summed E-state index contributed by atoms with van der Waals surface area (Å²) in [5.74, 6) is -0.308. The molecule has 0 spiro atoms. The second-order valence-corrected chi connectivity index (χ2v) is 9.48. The van der Waals surface area contributed by atoms with Gasteiger partial charge in [-0.3, -0.25) is 4.79 Å². The molecular formula is C20H33N3O3S. The van der Waals surface area contributed by atoms with Gasteiger partial charge in [0.1, 0.15) is 4.90 Å². The zero-order valence-electron chi connectivity index (χ0n) is 17.1. The zero-order valence-corrected chi connectivity index (χ0v) is 17.9. The Morgan fingerprint density at radius 2 is 1.96 bits per heavy atom. The number of nitrogens with zero attached hydrogens (tertiary/aromatic N) is 1. The molecule has 0 aliphatic carbocycles. The van der Waals surface area contributed by atoms with Crippen LogP contribution in [0.3, 0.4) is 0 Å². The molecule has 1 aliphatic heterocycles. The summed E-state index contributed by atoms with van der Waals surface area (Å²) >= 11 is 0. The molecule has 0 aromatic heterocycles. The fraction of sp³-hybridized carbons (Fsp3) is 0.650. The zero-order chi connectivity index (χ0) is 20.2. The molecule has 0 saturated carbocycles. The molecule has 0 bridgehead atoms. The number of hydrogen-bond donors (Lipinski definition) is 2. The van der Waals surface area contributed by atoms with Crippen molar-refractivity contribution in [1.82, 2.24) is 4.72 Å². The van der Waals surface area contributed by atoms with Crippen LogP contribution in [0, 0.1) is 5.92 Å². The summed E-state index contributed by atoms with van der Waals surface area (Å²) in [6.07, 6.45) is 3.96. The Balaban J connectivity index is 2.47. The molecule has 1 aromatic rings. The maximum absolute atomic E-state index is 13.1. The molecule has 1 saturated heterocycles. The first-order chi connectivity index (χ1) is 12.7. The molecule has 27 heavy (non-hydrogen) atoms. The summed E-state index contributed by atoms with van der Waals surface area (Å²) in [4.78, 5) is 14.5. The Morgan fingerprint density at radius 1 is 1.26 bits per heavy atom. The lowest BCUT2D eigenvalue weighted by Crippen LogP contribution is -2.39. The highest BCUT2D eigenvalue weighted by atomic mass is 32.2. The molecule has 152 valence electrons. The second kappa shape index (κ2) is 9.06. The minimum Gasteiger partial charge on any atom is -0.368 e. The number of amides is 1. The Bertz CT molecular complexity index is 762. The maximum Gasteiger partial charge on any atom is 0.242 e. The van der Waals surface area contributed by atoms with Gasteiger partial charge >= 0.3 is 0 Å². The van der Waals surface area contributed by atoms with Crippen LogP contribution in [0.2, 0.25) is 0 Å². The van der Waals surface area contributed by atoms with E-state index in [-0.39, 0.29) is 28.8 Å². The number of anilines is 2. The molecule has 1 heterocycles. The monoisotopic (exact) mass is 395 g/mol. The number of piperidine rings is 1.